The molecule has 2 atom stereocenters. The molecule has 2 rings (SSSR count). The summed E-state index contributed by atoms with van der Waals surface area (Å²) in [6, 6.07) is 7.32. The van der Waals surface area contributed by atoms with Gasteiger partial charge in [0.1, 0.15) is 0 Å². The number of hydrogen-bond acceptors (Lipinski definition) is 3. The van der Waals surface area contributed by atoms with Gasteiger partial charge in [-0.2, -0.15) is 0 Å². The van der Waals surface area contributed by atoms with Crippen molar-refractivity contribution in [3.05, 3.63) is 28.8 Å². The summed E-state index contributed by atoms with van der Waals surface area (Å²) in [5.41, 5.74) is 2.51. The van der Waals surface area contributed by atoms with Crippen LogP contribution in [0.1, 0.15) is 26.3 Å². The van der Waals surface area contributed by atoms with Gasteiger partial charge >= 0.3 is 0 Å². The molecule has 1 aliphatic heterocycles. The van der Waals surface area contributed by atoms with Crippen LogP contribution in [0.5, 0.6) is 0 Å². The van der Waals surface area contributed by atoms with E-state index >= 15 is 0 Å². The van der Waals surface area contributed by atoms with Crippen LogP contribution < -0.4 is 10.2 Å². The molecular formula is C17H28ClN3. The molecule has 0 radical (unpaired) electrons. The maximum atomic E-state index is 6.45. The number of hydrogen-bond donors (Lipinski definition) is 1. The van der Waals surface area contributed by atoms with E-state index in [1.807, 2.05) is 6.07 Å². The van der Waals surface area contributed by atoms with Gasteiger partial charge in [0.05, 0.1) is 0 Å². The van der Waals surface area contributed by atoms with E-state index in [1.54, 1.807) is 0 Å². The Morgan fingerprint density at radius 3 is 2.62 bits per heavy atom. The lowest BCUT2D eigenvalue weighted by Gasteiger charge is -2.25. The number of rotatable bonds is 5. The van der Waals surface area contributed by atoms with Gasteiger partial charge in [-0.1, -0.05) is 38.4 Å². The van der Waals surface area contributed by atoms with Gasteiger partial charge in [-0.15, -0.1) is 0 Å². The summed E-state index contributed by atoms with van der Waals surface area (Å²) in [5.74, 6) is 0.671. The first-order valence-corrected chi connectivity index (χ1v) is 8.20. The number of benzene rings is 1. The molecule has 1 heterocycles. The van der Waals surface area contributed by atoms with Crippen molar-refractivity contribution >= 4 is 17.3 Å². The molecule has 0 bridgehead atoms. The topological polar surface area (TPSA) is 18.5 Å². The number of halogens is 1. The van der Waals surface area contributed by atoms with Gasteiger partial charge in [0, 0.05) is 48.0 Å². The summed E-state index contributed by atoms with van der Waals surface area (Å²) >= 11 is 6.45. The first kappa shape index (κ1) is 16.6. The molecule has 21 heavy (non-hydrogen) atoms. The first-order valence-electron chi connectivity index (χ1n) is 7.82. The summed E-state index contributed by atoms with van der Waals surface area (Å²) < 4.78 is 0. The van der Waals surface area contributed by atoms with Crippen LogP contribution in [-0.4, -0.2) is 44.2 Å². The van der Waals surface area contributed by atoms with E-state index in [0.29, 0.717) is 18.0 Å². The van der Waals surface area contributed by atoms with Crippen LogP contribution >= 0.6 is 11.6 Å². The second kappa shape index (κ2) is 6.99. The highest BCUT2D eigenvalue weighted by Gasteiger charge is 2.32. The van der Waals surface area contributed by atoms with Crippen molar-refractivity contribution in [2.75, 3.05) is 32.1 Å². The minimum Gasteiger partial charge on any atom is -0.369 e. The summed E-state index contributed by atoms with van der Waals surface area (Å²) in [6.45, 7) is 9.65. The molecule has 1 aromatic rings. The van der Waals surface area contributed by atoms with Crippen LogP contribution in [0, 0.1) is 5.92 Å². The van der Waals surface area contributed by atoms with Crippen LogP contribution in [0.4, 0.5) is 5.69 Å². The molecule has 118 valence electrons. The maximum absolute atomic E-state index is 6.45. The average Bonchev–Trinajstić information content (AvgIpc) is 2.79. The molecule has 0 aromatic heterocycles. The van der Waals surface area contributed by atoms with Gasteiger partial charge in [0.25, 0.3) is 0 Å². The van der Waals surface area contributed by atoms with E-state index in [-0.39, 0.29) is 0 Å². The molecule has 1 aromatic carbocycles. The maximum Gasteiger partial charge on any atom is 0.0471 e. The lowest BCUT2D eigenvalue weighted by atomic mass is 10.1. The van der Waals surface area contributed by atoms with Gasteiger partial charge in [0.2, 0.25) is 0 Å². The zero-order valence-corrected chi connectivity index (χ0v) is 14.6. The SMILES string of the molecule is CC(C)NCc1c(Cl)cccc1N1CC(C)C(N(C)C)C1. The Balaban J connectivity index is 2.22. The third-order valence-corrected chi connectivity index (χ3v) is 4.71. The molecule has 1 aliphatic rings. The third kappa shape index (κ3) is 3.91. The molecule has 0 saturated carbocycles. The molecule has 0 aliphatic carbocycles. The van der Waals surface area contributed by atoms with E-state index in [2.05, 4.69) is 62.1 Å². The Bertz CT molecular complexity index is 473. The molecule has 0 spiro atoms. The third-order valence-electron chi connectivity index (χ3n) is 4.36. The fraction of sp³-hybridized carbons (Fsp3) is 0.647. The van der Waals surface area contributed by atoms with Crippen LogP contribution in [0.2, 0.25) is 5.02 Å². The molecule has 4 heteroatoms. The van der Waals surface area contributed by atoms with Crippen LogP contribution in [0.3, 0.4) is 0 Å². The van der Waals surface area contributed by atoms with E-state index in [9.17, 15) is 0 Å². The van der Waals surface area contributed by atoms with E-state index < -0.39 is 0 Å². The number of likely N-dealkylation sites (N-methyl/N-ethyl adjacent to an activating group) is 1. The largest absolute Gasteiger partial charge is 0.369 e. The predicted molar refractivity (Wildman–Crippen MR) is 92.3 cm³/mol. The quantitative estimate of drug-likeness (QED) is 0.901. The van der Waals surface area contributed by atoms with E-state index in [1.165, 1.54) is 11.3 Å². The fourth-order valence-corrected chi connectivity index (χ4v) is 3.38. The number of nitrogens with zero attached hydrogens (tertiary/aromatic N) is 2. The van der Waals surface area contributed by atoms with Crippen molar-refractivity contribution < 1.29 is 0 Å². The van der Waals surface area contributed by atoms with Crippen molar-refractivity contribution in [3.63, 3.8) is 0 Å². The highest BCUT2D eigenvalue weighted by Crippen LogP contribution is 2.32. The van der Waals surface area contributed by atoms with Crippen LogP contribution in [-0.2, 0) is 6.54 Å². The van der Waals surface area contributed by atoms with Gasteiger partial charge in [-0.05, 0) is 32.1 Å². The second-order valence-corrected chi connectivity index (χ2v) is 7.09. The number of nitrogens with one attached hydrogen (secondary N) is 1. The van der Waals surface area contributed by atoms with Crippen molar-refractivity contribution in [2.45, 2.75) is 39.4 Å². The second-order valence-electron chi connectivity index (χ2n) is 6.69. The Hall–Kier alpha value is -0.770. The average molecular weight is 310 g/mol. The lowest BCUT2D eigenvalue weighted by Crippen LogP contribution is -2.34. The lowest BCUT2D eigenvalue weighted by molar-refractivity contribution is 0.266. The summed E-state index contributed by atoms with van der Waals surface area (Å²) in [4.78, 5) is 4.82. The van der Waals surface area contributed by atoms with E-state index in [4.69, 9.17) is 11.6 Å². The summed E-state index contributed by atoms with van der Waals surface area (Å²) in [5, 5.41) is 4.35. The molecular weight excluding hydrogens is 282 g/mol. The van der Waals surface area contributed by atoms with Gasteiger partial charge in [-0.3, -0.25) is 0 Å². The van der Waals surface area contributed by atoms with Gasteiger partial charge in [0.15, 0.2) is 0 Å². The van der Waals surface area contributed by atoms with Gasteiger partial charge < -0.3 is 15.1 Å². The Labute approximate surface area is 134 Å². The van der Waals surface area contributed by atoms with Crippen LogP contribution in [0.25, 0.3) is 0 Å². The van der Waals surface area contributed by atoms with Crippen molar-refractivity contribution in [1.82, 2.24) is 10.2 Å². The predicted octanol–water partition coefficient (Wildman–Crippen LogP) is 3.22. The van der Waals surface area contributed by atoms with Crippen LogP contribution in [0.15, 0.2) is 18.2 Å². The highest BCUT2D eigenvalue weighted by molar-refractivity contribution is 6.31. The molecule has 1 fully saturated rings. The smallest absolute Gasteiger partial charge is 0.0471 e. The van der Waals surface area contributed by atoms with Gasteiger partial charge in [-0.25, -0.2) is 0 Å². The van der Waals surface area contributed by atoms with Crippen molar-refractivity contribution in [1.29, 1.82) is 0 Å². The summed E-state index contributed by atoms with van der Waals surface area (Å²) in [6.07, 6.45) is 0. The Morgan fingerprint density at radius 1 is 1.33 bits per heavy atom. The minimum absolute atomic E-state index is 0.459. The minimum atomic E-state index is 0.459. The van der Waals surface area contributed by atoms with Crippen molar-refractivity contribution in [2.24, 2.45) is 5.92 Å². The Kier molecular flexibility index (Phi) is 5.53. The van der Waals surface area contributed by atoms with Crippen molar-refractivity contribution in [3.8, 4) is 0 Å². The standard InChI is InChI=1S/C17H28ClN3/c1-12(2)19-9-14-15(18)7-6-8-16(14)21-10-13(3)17(11-21)20(4)5/h6-8,12-13,17,19H,9-11H2,1-5H3. The first-order chi connectivity index (χ1) is 9.90. The molecule has 2 unspecified atom stereocenters. The molecule has 1 saturated heterocycles. The monoisotopic (exact) mass is 309 g/mol. The summed E-state index contributed by atoms with van der Waals surface area (Å²) in [7, 11) is 4.34. The fourth-order valence-electron chi connectivity index (χ4n) is 3.14. The normalized spacial score (nSPS) is 22.6. The molecule has 1 N–H and O–H groups in total. The number of anilines is 1. The molecule has 0 amide bonds. The highest BCUT2D eigenvalue weighted by atomic mass is 35.5. The zero-order chi connectivity index (χ0) is 15.6. The van der Waals surface area contributed by atoms with E-state index in [0.717, 1.165) is 24.7 Å². The molecule has 3 nitrogen and oxygen atoms in total. The Morgan fingerprint density at radius 2 is 2.05 bits per heavy atom. The zero-order valence-electron chi connectivity index (χ0n) is 13.9.